The van der Waals surface area contributed by atoms with Crippen molar-refractivity contribution in [2.45, 2.75) is 58.8 Å². The number of hydrogen-bond donors (Lipinski definition) is 0. The van der Waals surface area contributed by atoms with Crippen LogP contribution >= 0.6 is 15.9 Å². The molecule has 0 fully saturated rings. The molecule has 0 bridgehead atoms. The van der Waals surface area contributed by atoms with E-state index in [0.717, 1.165) is 22.0 Å². The Hall–Kier alpha value is -0.630. The molecule has 0 amide bonds. The highest BCUT2D eigenvalue weighted by Gasteiger charge is 2.10. The number of Topliss-reactive ketones (excluding diaryl/α,β-unsaturated/α-hetero) is 1. The van der Waals surface area contributed by atoms with E-state index < -0.39 is 0 Å². The van der Waals surface area contributed by atoms with E-state index in [-0.39, 0.29) is 5.78 Å². The molecule has 1 rings (SSSR count). The first kappa shape index (κ1) is 15.4. The maximum atomic E-state index is 12.1. The Labute approximate surface area is 119 Å². The zero-order valence-electron chi connectivity index (χ0n) is 11.5. The molecule has 0 aromatic heterocycles. The fraction of sp³-hybridized carbons (Fsp3) is 0.562. The molecule has 0 radical (unpaired) electrons. The van der Waals surface area contributed by atoms with E-state index in [1.54, 1.807) is 0 Å². The molecule has 0 aliphatic carbocycles. The quantitative estimate of drug-likeness (QED) is 0.445. The van der Waals surface area contributed by atoms with Crippen molar-refractivity contribution in [1.29, 1.82) is 0 Å². The topological polar surface area (TPSA) is 17.1 Å². The maximum Gasteiger partial charge on any atom is 0.164 e. The standard InChI is InChI=1S/C16H23BrO/c1-3-4-5-6-7-8-12-15(18)14-11-9-10-13(2)16(14)17/h9-11H,3-8,12H2,1-2H3. The first-order valence-corrected chi connectivity index (χ1v) is 7.74. The van der Waals surface area contributed by atoms with Crippen molar-refractivity contribution in [3.05, 3.63) is 33.8 Å². The molecule has 1 aromatic carbocycles. The fourth-order valence-corrected chi connectivity index (χ4v) is 2.55. The second kappa shape index (κ2) is 8.47. The monoisotopic (exact) mass is 310 g/mol. The van der Waals surface area contributed by atoms with Gasteiger partial charge in [0.15, 0.2) is 5.78 Å². The Kier molecular flexibility index (Phi) is 7.26. The van der Waals surface area contributed by atoms with Crippen molar-refractivity contribution in [1.82, 2.24) is 0 Å². The summed E-state index contributed by atoms with van der Waals surface area (Å²) < 4.78 is 0.959. The van der Waals surface area contributed by atoms with Crippen molar-refractivity contribution in [2.24, 2.45) is 0 Å². The minimum Gasteiger partial charge on any atom is -0.294 e. The molecule has 0 spiro atoms. The summed E-state index contributed by atoms with van der Waals surface area (Å²) in [5.41, 5.74) is 1.97. The molecule has 0 atom stereocenters. The third-order valence-corrected chi connectivity index (χ3v) is 4.30. The van der Waals surface area contributed by atoms with Gasteiger partial charge in [-0.15, -0.1) is 0 Å². The lowest BCUT2D eigenvalue weighted by Crippen LogP contribution is -2.01. The van der Waals surface area contributed by atoms with Crippen LogP contribution < -0.4 is 0 Å². The smallest absolute Gasteiger partial charge is 0.164 e. The largest absolute Gasteiger partial charge is 0.294 e. The van der Waals surface area contributed by atoms with Gasteiger partial charge in [-0.3, -0.25) is 4.79 Å². The summed E-state index contributed by atoms with van der Waals surface area (Å²) >= 11 is 3.50. The number of benzene rings is 1. The van der Waals surface area contributed by atoms with Crippen molar-refractivity contribution in [2.75, 3.05) is 0 Å². The van der Waals surface area contributed by atoms with E-state index in [4.69, 9.17) is 0 Å². The van der Waals surface area contributed by atoms with Gasteiger partial charge in [-0.1, -0.05) is 57.2 Å². The minimum absolute atomic E-state index is 0.265. The third kappa shape index (κ3) is 4.93. The van der Waals surface area contributed by atoms with E-state index in [9.17, 15) is 4.79 Å². The van der Waals surface area contributed by atoms with Gasteiger partial charge in [-0.05, 0) is 34.8 Å². The minimum atomic E-state index is 0.265. The Morgan fingerprint density at radius 1 is 1.11 bits per heavy atom. The van der Waals surface area contributed by atoms with Gasteiger partial charge >= 0.3 is 0 Å². The van der Waals surface area contributed by atoms with Crippen LogP contribution in [0.25, 0.3) is 0 Å². The normalized spacial score (nSPS) is 10.6. The summed E-state index contributed by atoms with van der Waals surface area (Å²) in [6, 6.07) is 5.89. The molecule has 0 aliphatic rings. The Morgan fingerprint density at radius 3 is 2.50 bits per heavy atom. The van der Waals surface area contributed by atoms with Crippen LogP contribution in [0.3, 0.4) is 0 Å². The molecule has 0 N–H and O–H groups in total. The van der Waals surface area contributed by atoms with Crippen LogP contribution in [0.1, 0.15) is 67.8 Å². The molecular weight excluding hydrogens is 288 g/mol. The average molecular weight is 311 g/mol. The second-order valence-electron chi connectivity index (χ2n) is 4.88. The van der Waals surface area contributed by atoms with Crippen LogP contribution in [0.15, 0.2) is 22.7 Å². The first-order chi connectivity index (χ1) is 8.66. The third-order valence-electron chi connectivity index (χ3n) is 3.25. The molecule has 0 saturated carbocycles. The molecule has 0 unspecified atom stereocenters. The maximum absolute atomic E-state index is 12.1. The Balaban J connectivity index is 2.35. The highest BCUT2D eigenvalue weighted by atomic mass is 79.9. The fourth-order valence-electron chi connectivity index (χ4n) is 2.06. The van der Waals surface area contributed by atoms with Crippen LogP contribution in [-0.2, 0) is 0 Å². The van der Waals surface area contributed by atoms with Gasteiger partial charge in [0.2, 0.25) is 0 Å². The molecule has 1 aromatic rings. The SMILES string of the molecule is CCCCCCCCC(=O)c1cccc(C)c1Br. The second-order valence-corrected chi connectivity index (χ2v) is 5.67. The number of carbonyl (C=O) groups excluding carboxylic acids is 1. The molecule has 1 nitrogen and oxygen atoms in total. The number of aryl methyl sites for hydroxylation is 1. The molecule has 2 heteroatoms. The van der Waals surface area contributed by atoms with Crippen molar-refractivity contribution >= 4 is 21.7 Å². The summed E-state index contributed by atoms with van der Waals surface area (Å²) in [4.78, 5) is 12.1. The predicted molar refractivity (Wildman–Crippen MR) is 81.2 cm³/mol. The van der Waals surface area contributed by atoms with Gasteiger partial charge in [0, 0.05) is 16.5 Å². The van der Waals surface area contributed by atoms with E-state index in [1.165, 1.54) is 32.1 Å². The highest BCUT2D eigenvalue weighted by molar-refractivity contribution is 9.10. The summed E-state index contributed by atoms with van der Waals surface area (Å²) in [6.07, 6.45) is 8.02. The van der Waals surface area contributed by atoms with E-state index in [2.05, 4.69) is 22.9 Å². The molecule has 100 valence electrons. The van der Waals surface area contributed by atoms with Crippen molar-refractivity contribution in [3.8, 4) is 0 Å². The van der Waals surface area contributed by atoms with Crippen molar-refractivity contribution < 1.29 is 4.79 Å². The number of ketones is 1. The van der Waals surface area contributed by atoms with Crippen LogP contribution in [0.4, 0.5) is 0 Å². The van der Waals surface area contributed by atoms with Gasteiger partial charge < -0.3 is 0 Å². The Morgan fingerprint density at radius 2 is 1.78 bits per heavy atom. The zero-order chi connectivity index (χ0) is 13.4. The van der Waals surface area contributed by atoms with Gasteiger partial charge in [0.25, 0.3) is 0 Å². The van der Waals surface area contributed by atoms with Crippen LogP contribution in [0.5, 0.6) is 0 Å². The van der Waals surface area contributed by atoms with Crippen LogP contribution in [0.2, 0.25) is 0 Å². The highest BCUT2D eigenvalue weighted by Crippen LogP contribution is 2.23. The molecule has 0 aliphatic heterocycles. The molecule has 18 heavy (non-hydrogen) atoms. The predicted octanol–water partition coefficient (Wildman–Crippen LogP) is 5.69. The van der Waals surface area contributed by atoms with Crippen LogP contribution in [-0.4, -0.2) is 5.78 Å². The van der Waals surface area contributed by atoms with Gasteiger partial charge in [0.05, 0.1) is 0 Å². The summed E-state index contributed by atoms with van der Waals surface area (Å²) in [7, 11) is 0. The summed E-state index contributed by atoms with van der Waals surface area (Å²) in [6.45, 7) is 4.24. The first-order valence-electron chi connectivity index (χ1n) is 6.95. The van der Waals surface area contributed by atoms with E-state index >= 15 is 0 Å². The van der Waals surface area contributed by atoms with Gasteiger partial charge in [-0.25, -0.2) is 0 Å². The van der Waals surface area contributed by atoms with Gasteiger partial charge in [0.1, 0.15) is 0 Å². The van der Waals surface area contributed by atoms with E-state index in [1.807, 2.05) is 25.1 Å². The lowest BCUT2D eigenvalue weighted by atomic mass is 10.0. The summed E-state index contributed by atoms with van der Waals surface area (Å²) in [5, 5.41) is 0. The lowest BCUT2D eigenvalue weighted by molar-refractivity contribution is 0.0978. The number of hydrogen-bond acceptors (Lipinski definition) is 1. The number of halogens is 1. The summed E-state index contributed by atoms with van der Waals surface area (Å²) in [5.74, 6) is 0.265. The van der Waals surface area contributed by atoms with Crippen LogP contribution in [0, 0.1) is 6.92 Å². The van der Waals surface area contributed by atoms with E-state index in [0.29, 0.717) is 6.42 Å². The Bertz CT molecular complexity index is 385. The molecule has 0 heterocycles. The average Bonchev–Trinajstić information content (AvgIpc) is 2.36. The van der Waals surface area contributed by atoms with Gasteiger partial charge in [-0.2, -0.15) is 0 Å². The molecular formula is C16H23BrO. The molecule has 0 saturated heterocycles. The van der Waals surface area contributed by atoms with Crippen molar-refractivity contribution in [3.63, 3.8) is 0 Å². The lowest BCUT2D eigenvalue weighted by Gasteiger charge is -2.06. The number of unbranched alkanes of at least 4 members (excludes halogenated alkanes) is 5. The number of rotatable bonds is 8. The zero-order valence-corrected chi connectivity index (χ0v) is 13.1. The number of carbonyl (C=O) groups is 1.